The van der Waals surface area contributed by atoms with Crippen LogP contribution in [0.3, 0.4) is 0 Å². The lowest BCUT2D eigenvalue weighted by Crippen LogP contribution is -2.57. The molecule has 0 aromatic heterocycles. The van der Waals surface area contributed by atoms with Crippen LogP contribution < -0.4 is 16.4 Å². The highest BCUT2D eigenvalue weighted by molar-refractivity contribution is 7.98. The number of carbonyl (C=O) groups excluding carboxylic acids is 3. The summed E-state index contributed by atoms with van der Waals surface area (Å²) in [4.78, 5) is 52.4. The summed E-state index contributed by atoms with van der Waals surface area (Å²) in [6, 6.07) is 5.92. The molecular formula is C24H36N4O5S2. The molecule has 11 heteroatoms. The molecule has 1 fully saturated rings. The van der Waals surface area contributed by atoms with Crippen LogP contribution in [0.1, 0.15) is 31.2 Å². The van der Waals surface area contributed by atoms with Crippen molar-refractivity contribution in [2.75, 3.05) is 30.6 Å². The number of rotatable bonds is 14. The van der Waals surface area contributed by atoms with Gasteiger partial charge in [0.05, 0.1) is 6.04 Å². The SMILES string of the molecule is CSCCC(N)C(=O)NC(Cc1ccccc1)C(=O)N1CCCC1C(=O)NC(CCSC)C(=O)O. The van der Waals surface area contributed by atoms with E-state index < -0.39 is 42.0 Å². The molecule has 1 saturated heterocycles. The highest BCUT2D eigenvalue weighted by atomic mass is 32.2. The molecule has 4 unspecified atom stereocenters. The summed E-state index contributed by atoms with van der Waals surface area (Å²) < 4.78 is 0. The van der Waals surface area contributed by atoms with Crippen LogP contribution in [0.5, 0.6) is 0 Å². The zero-order chi connectivity index (χ0) is 25.8. The number of nitrogens with zero attached hydrogens (tertiary/aromatic N) is 1. The Balaban J connectivity index is 2.17. The summed E-state index contributed by atoms with van der Waals surface area (Å²) in [5.41, 5.74) is 6.89. The topological polar surface area (TPSA) is 142 Å². The molecule has 1 aliphatic rings. The van der Waals surface area contributed by atoms with Crippen molar-refractivity contribution in [1.82, 2.24) is 15.5 Å². The van der Waals surface area contributed by atoms with E-state index in [1.165, 1.54) is 16.7 Å². The van der Waals surface area contributed by atoms with Crippen LogP contribution >= 0.6 is 23.5 Å². The number of carboxylic acids is 1. The maximum atomic E-state index is 13.6. The van der Waals surface area contributed by atoms with Crippen molar-refractivity contribution in [1.29, 1.82) is 0 Å². The van der Waals surface area contributed by atoms with Gasteiger partial charge in [0.1, 0.15) is 18.1 Å². The van der Waals surface area contributed by atoms with Gasteiger partial charge in [-0.25, -0.2) is 4.79 Å². The maximum Gasteiger partial charge on any atom is 0.326 e. The Hall–Kier alpha value is -2.24. The number of hydrogen-bond acceptors (Lipinski definition) is 7. The zero-order valence-electron chi connectivity index (χ0n) is 20.3. The minimum atomic E-state index is -1.10. The molecule has 0 aliphatic carbocycles. The van der Waals surface area contributed by atoms with E-state index in [1.54, 1.807) is 11.8 Å². The lowest BCUT2D eigenvalue weighted by molar-refractivity contribution is -0.145. The predicted octanol–water partition coefficient (Wildman–Crippen LogP) is 1.11. The molecule has 3 amide bonds. The van der Waals surface area contributed by atoms with E-state index in [1.807, 2.05) is 42.8 Å². The van der Waals surface area contributed by atoms with Crippen LogP contribution in [0.2, 0.25) is 0 Å². The summed E-state index contributed by atoms with van der Waals surface area (Å²) in [6.45, 7) is 0.360. The number of hydrogen-bond donors (Lipinski definition) is 4. The number of nitrogens with two attached hydrogens (primary N) is 1. The minimum Gasteiger partial charge on any atom is -0.480 e. The molecule has 1 aromatic rings. The molecule has 1 heterocycles. The fourth-order valence-corrected chi connectivity index (χ4v) is 4.93. The van der Waals surface area contributed by atoms with Crippen LogP contribution in [0.25, 0.3) is 0 Å². The van der Waals surface area contributed by atoms with Gasteiger partial charge in [0.2, 0.25) is 17.7 Å². The molecule has 2 rings (SSSR count). The van der Waals surface area contributed by atoms with E-state index in [2.05, 4.69) is 10.6 Å². The maximum absolute atomic E-state index is 13.6. The molecule has 0 radical (unpaired) electrons. The van der Waals surface area contributed by atoms with Gasteiger partial charge in [0.15, 0.2) is 0 Å². The first-order chi connectivity index (χ1) is 16.8. The largest absolute Gasteiger partial charge is 0.480 e. The monoisotopic (exact) mass is 524 g/mol. The first kappa shape index (κ1) is 29.0. The van der Waals surface area contributed by atoms with E-state index in [-0.39, 0.29) is 12.3 Å². The van der Waals surface area contributed by atoms with Gasteiger partial charge in [0.25, 0.3) is 0 Å². The molecule has 9 nitrogen and oxygen atoms in total. The van der Waals surface area contributed by atoms with Crippen molar-refractivity contribution >= 4 is 47.2 Å². The molecule has 1 aromatic carbocycles. The highest BCUT2D eigenvalue weighted by Crippen LogP contribution is 2.20. The van der Waals surface area contributed by atoms with Gasteiger partial charge in [-0.05, 0) is 55.3 Å². The van der Waals surface area contributed by atoms with Crippen molar-refractivity contribution < 1.29 is 24.3 Å². The van der Waals surface area contributed by atoms with E-state index in [9.17, 15) is 24.3 Å². The summed E-state index contributed by atoms with van der Waals surface area (Å²) in [7, 11) is 0. The first-order valence-electron chi connectivity index (χ1n) is 11.7. The normalized spacial score (nSPS) is 17.9. The van der Waals surface area contributed by atoms with Crippen LogP contribution in [-0.4, -0.2) is 88.4 Å². The minimum absolute atomic E-state index is 0.261. The van der Waals surface area contributed by atoms with Gasteiger partial charge in [-0.15, -0.1) is 0 Å². The molecule has 0 saturated carbocycles. The third-order valence-electron chi connectivity index (χ3n) is 5.93. The Morgan fingerprint density at radius 1 is 1.06 bits per heavy atom. The number of likely N-dealkylation sites (tertiary alicyclic amines) is 1. The molecule has 5 N–H and O–H groups in total. The Bertz CT molecular complexity index is 858. The number of carboxylic acid groups (broad SMARTS) is 1. The van der Waals surface area contributed by atoms with Crippen molar-refractivity contribution in [2.24, 2.45) is 5.73 Å². The van der Waals surface area contributed by atoms with E-state index in [0.29, 0.717) is 38.0 Å². The van der Waals surface area contributed by atoms with Gasteiger partial charge >= 0.3 is 5.97 Å². The number of carbonyl (C=O) groups is 4. The molecule has 35 heavy (non-hydrogen) atoms. The molecular weight excluding hydrogens is 488 g/mol. The fraction of sp³-hybridized carbons (Fsp3) is 0.583. The lowest BCUT2D eigenvalue weighted by atomic mass is 10.0. The Morgan fingerprint density at radius 3 is 2.34 bits per heavy atom. The Morgan fingerprint density at radius 2 is 1.71 bits per heavy atom. The summed E-state index contributed by atoms with van der Waals surface area (Å²) in [5.74, 6) is -1.04. The van der Waals surface area contributed by atoms with Crippen LogP contribution in [-0.2, 0) is 25.6 Å². The lowest BCUT2D eigenvalue weighted by Gasteiger charge is -2.30. The van der Waals surface area contributed by atoms with Gasteiger partial charge in [0, 0.05) is 13.0 Å². The van der Waals surface area contributed by atoms with Crippen molar-refractivity contribution in [2.45, 2.75) is 56.3 Å². The summed E-state index contributed by atoms with van der Waals surface area (Å²) in [5, 5.41) is 14.9. The number of nitrogens with one attached hydrogen (secondary N) is 2. The van der Waals surface area contributed by atoms with E-state index >= 15 is 0 Å². The number of benzene rings is 1. The third-order valence-corrected chi connectivity index (χ3v) is 7.22. The second-order valence-corrected chi connectivity index (χ2v) is 10.5. The molecule has 194 valence electrons. The zero-order valence-corrected chi connectivity index (χ0v) is 21.9. The Labute approximate surface area is 215 Å². The second kappa shape index (κ2) is 15.0. The van der Waals surface area contributed by atoms with Gasteiger partial charge in [-0.3, -0.25) is 14.4 Å². The average molecular weight is 525 g/mol. The van der Waals surface area contributed by atoms with E-state index in [0.717, 1.165) is 11.3 Å². The first-order valence-corrected chi connectivity index (χ1v) is 14.5. The van der Waals surface area contributed by atoms with Crippen molar-refractivity contribution in [3.05, 3.63) is 35.9 Å². The predicted molar refractivity (Wildman–Crippen MR) is 140 cm³/mol. The number of aliphatic carboxylic acids is 1. The Kier molecular flexibility index (Phi) is 12.4. The van der Waals surface area contributed by atoms with Crippen LogP contribution in [0.4, 0.5) is 0 Å². The highest BCUT2D eigenvalue weighted by Gasteiger charge is 2.39. The van der Waals surface area contributed by atoms with Crippen molar-refractivity contribution in [3.63, 3.8) is 0 Å². The van der Waals surface area contributed by atoms with Gasteiger partial charge in [-0.1, -0.05) is 30.3 Å². The summed E-state index contributed by atoms with van der Waals surface area (Å²) in [6.07, 6.45) is 5.89. The van der Waals surface area contributed by atoms with Crippen LogP contribution in [0, 0.1) is 0 Å². The third kappa shape index (κ3) is 9.05. The van der Waals surface area contributed by atoms with E-state index in [4.69, 9.17) is 5.73 Å². The van der Waals surface area contributed by atoms with Gasteiger partial charge < -0.3 is 26.4 Å². The molecule has 1 aliphatic heterocycles. The quantitative estimate of drug-likeness (QED) is 0.284. The smallest absolute Gasteiger partial charge is 0.326 e. The second-order valence-electron chi connectivity index (χ2n) is 8.51. The van der Waals surface area contributed by atoms with Crippen LogP contribution in [0.15, 0.2) is 30.3 Å². The summed E-state index contributed by atoms with van der Waals surface area (Å²) >= 11 is 3.09. The molecule has 0 spiro atoms. The standard InChI is InChI=1S/C24H36N4O5S2/c1-34-13-10-17(25)21(29)27-19(15-16-7-4-3-5-8-16)23(31)28-12-6-9-20(28)22(30)26-18(24(32)33)11-14-35-2/h3-5,7-8,17-20H,6,9-15,25H2,1-2H3,(H,26,30)(H,27,29)(H,32,33). The average Bonchev–Trinajstić information content (AvgIpc) is 3.34. The van der Waals surface area contributed by atoms with Gasteiger partial charge in [-0.2, -0.15) is 23.5 Å². The number of thioether (sulfide) groups is 2. The molecule has 4 atom stereocenters. The van der Waals surface area contributed by atoms with Crippen molar-refractivity contribution in [3.8, 4) is 0 Å². The fourth-order valence-electron chi connectivity index (χ4n) is 3.97. The molecule has 0 bridgehead atoms. The number of amides is 3.